The van der Waals surface area contributed by atoms with Gasteiger partial charge in [0.1, 0.15) is 0 Å². The molecule has 0 amide bonds. The van der Waals surface area contributed by atoms with E-state index in [2.05, 4.69) is 88.8 Å². The van der Waals surface area contributed by atoms with Crippen molar-refractivity contribution >= 4 is 50.1 Å². The molecular weight excluding hydrogens is 446 g/mol. The van der Waals surface area contributed by atoms with E-state index in [4.69, 9.17) is 11.6 Å². The second-order valence-corrected chi connectivity index (χ2v) is 7.30. The van der Waals surface area contributed by atoms with Crippen LogP contribution in [0.1, 0.15) is 41.5 Å². The third kappa shape index (κ3) is 3.58. The summed E-state index contributed by atoms with van der Waals surface area (Å²) in [5.41, 5.74) is 5.12. The fourth-order valence-electron chi connectivity index (χ4n) is 2.37. The first-order chi connectivity index (χ1) is 9.56. The molecule has 0 heterocycles. The molecule has 0 aliphatic rings. The molecule has 0 N–H and O–H groups in total. The average molecular weight is 464 g/mol. The largest absolute Gasteiger partial charge is 0.113 e. The third-order valence-electron chi connectivity index (χ3n) is 3.52. The summed E-state index contributed by atoms with van der Waals surface area (Å²) >= 11 is 12.6. The van der Waals surface area contributed by atoms with Gasteiger partial charge in [0.2, 0.25) is 0 Å². The Labute approximate surface area is 148 Å². The molecule has 0 bridgehead atoms. The van der Waals surface area contributed by atoms with Crippen molar-refractivity contribution in [3.63, 3.8) is 0 Å². The third-order valence-corrected chi connectivity index (χ3v) is 5.40. The first-order valence-electron chi connectivity index (χ1n) is 6.77. The standard InChI is InChI=1S/C17H17BrClI/c1-3-11-5-6-13(9-12(11)4-2)17(19)15-10-14(20)7-8-16(15)18/h5-10,17H,3-4H2,1-2H3. The lowest BCUT2D eigenvalue weighted by atomic mass is 9.96. The van der Waals surface area contributed by atoms with Gasteiger partial charge in [0.15, 0.2) is 0 Å². The average Bonchev–Trinajstić information content (AvgIpc) is 2.48. The van der Waals surface area contributed by atoms with Crippen molar-refractivity contribution in [2.45, 2.75) is 32.1 Å². The monoisotopic (exact) mass is 462 g/mol. The number of alkyl halides is 1. The minimum atomic E-state index is -0.115. The van der Waals surface area contributed by atoms with E-state index in [1.165, 1.54) is 20.3 Å². The Hall–Kier alpha value is -0.0600. The Balaban J connectivity index is 2.42. The van der Waals surface area contributed by atoms with Gasteiger partial charge in [-0.3, -0.25) is 0 Å². The molecule has 1 unspecified atom stereocenters. The predicted molar refractivity (Wildman–Crippen MR) is 99.8 cm³/mol. The molecular formula is C17H17BrClI. The Bertz CT molecular complexity index is 610. The van der Waals surface area contributed by atoms with Gasteiger partial charge in [-0.25, -0.2) is 0 Å². The molecule has 0 aromatic heterocycles. The van der Waals surface area contributed by atoms with Crippen molar-refractivity contribution in [1.29, 1.82) is 0 Å². The van der Waals surface area contributed by atoms with Gasteiger partial charge in [-0.05, 0) is 75.9 Å². The minimum absolute atomic E-state index is 0.115. The summed E-state index contributed by atoms with van der Waals surface area (Å²) in [5, 5.41) is -0.115. The van der Waals surface area contributed by atoms with Crippen molar-refractivity contribution in [1.82, 2.24) is 0 Å². The number of halogens is 3. The second-order valence-electron chi connectivity index (χ2n) is 4.76. The molecule has 2 aromatic carbocycles. The van der Waals surface area contributed by atoms with Gasteiger partial charge in [0.25, 0.3) is 0 Å². The highest BCUT2D eigenvalue weighted by atomic mass is 127. The van der Waals surface area contributed by atoms with Crippen molar-refractivity contribution in [3.05, 3.63) is 66.7 Å². The van der Waals surface area contributed by atoms with Crippen LogP contribution in [0.4, 0.5) is 0 Å². The van der Waals surface area contributed by atoms with Crippen LogP contribution in [0.25, 0.3) is 0 Å². The Morgan fingerprint density at radius 2 is 1.75 bits per heavy atom. The van der Waals surface area contributed by atoms with Gasteiger partial charge in [0, 0.05) is 8.04 Å². The maximum Gasteiger partial charge on any atom is 0.0846 e. The van der Waals surface area contributed by atoms with E-state index in [9.17, 15) is 0 Å². The molecule has 2 aromatic rings. The van der Waals surface area contributed by atoms with Crippen LogP contribution >= 0.6 is 50.1 Å². The minimum Gasteiger partial charge on any atom is -0.113 e. The summed E-state index contributed by atoms with van der Waals surface area (Å²) < 4.78 is 2.27. The van der Waals surface area contributed by atoms with E-state index in [0.717, 1.165) is 22.9 Å². The molecule has 0 saturated carbocycles. The lowest BCUT2D eigenvalue weighted by Crippen LogP contribution is -1.99. The maximum atomic E-state index is 6.70. The van der Waals surface area contributed by atoms with Crippen LogP contribution in [0.3, 0.4) is 0 Å². The molecule has 1 atom stereocenters. The Kier molecular flexibility index (Phi) is 5.94. The Morgan fingerprint density at radius 3 is 2.40 bits per heavy atom. The highest BCUT2D eigenvalue weighted by Gasteiger charge is 2.15. The SMILES string of the molecule is CCc1ccc(C(Cl)c2cc(I)ccc2Br)cc1CC. The lowest BCUT2D eigenvalue weighted by Gasteiger charge is -2.15. The number of rotatable bonds is 4. The van der Waals surface area contributed by atoms with Gasteiger partial charge in [-0.2, -0.15) is 0 Å². The van der Waals surface area contributed by atoms with E-state index >= 15 is 0 Å². The van der Waals surface area contributed by atoms with Crippen LogP contribution in [-0.2, 0) is 12.8 Å². The summed E-state index contributed by atoms with van der Waals surface area (Å²) in [4.78, 5) is 0. The first kappa shape index (κ1) is 16.3. The van der Waals surface area contributed by atoms with Crippen molar-refractivity contribution in [3.8, 4) is 0 Å². The van der Waals surface area contributed by atoms with Crippen molar-refractivity contribution in [2.75, 3.05) is 0 Å². The maximum absolute atomic E-state index is 6.70. The van der Waals surface area contributed by atoms with E-state index in [-0.39, 0.29) is 5.38 Å². The molecule has 0 aliphatic heterocycles. The quantitative estimate of drug-likeness (QED) is 0.358. The van der Waals surface area contributed by atoms with Crippen LogP contribution in [-0.4, -0.2) is 0 Å². The highest BCUT2D eigenvalue weighted by molar-refractivity contribution is 14.1. The first-order valence-corrected chi connectivity index (χ1v) is 9.08. The van der Waals surface area contributed by atoms with E-state index in [1.54, 1.807) is 0 Å². The van der Waals surface area contributed by atoms with Crippen LogP contribution in [0, 0.1) is 3.57 Å². The van der Waals surface area contributed by atoms with Gasteiger partial charge in [-0.1, -0.05) is 48.0 Å². The lowest BCUT2D eigenvalue weighted by molar-refractivity contribution is 1.01. The summed E-state index contributed by atoms with van der Waals surface area (Å²) in [6.45, 7) is 4.39. The van der Waals surface area contributed by atoms with Crippen molar-refractivity contribution < 1.29 is 0 Å². The second kappa shape index (κ2) is 7.28. The molecule has 0 nitrogen and oxygen atoms in total. The summed E-state index contributed by atoms with van der Waals surface area (Å²) in [6, 6.07) is 12.9. The number of hydrogen-bond donors (Lipinski definition) is 0. The molecule has 0 fully saturated rings. The van der Waals surface area contributed by atoms with Crippen LogP contribution in [0.15, 0.2) is 40.9 Å². The zero-order valence-corrected chi connectivity index (χ0v) is 16.1. The fraction of sp³-hybridized carbons (Fsp3) is 0.294. The van der Waals surface area contributed by atoms with Gasteiger partial charge < -0.3 is 0 Å². The predicted octanol–water partition coefficient (Wildman–Crippen LogP) is 6.51. The molecule has 3 heteroatoms. The van der Waals surface area contributed by atoms with E-state index in [1.807, 2.05) is 0 Å². The van der Waals surface area contributed by atoms with Crippen LogP contribution in [0.5, 0.6) is 0 Å². The topological polar surface area (TPSA) is 0 Å². The molecule has 106 valence electrons. The number of hydrogen-bond acceptors (Lipinski definition) is 0. The van der Waals surface area contributed by atoms with Crippen LogP contribution in [0.2, 0.25) is 0 Å². The molecule has 0 spiro atoms. The Morgan fingerprint density at radius 1 is 1.05 bits per heavy atom. The number of aryl methyl sites for hydroxylation is 2. The van der Waals surface area contributed by atoms with Crippen LogP contribution < -0.4 is 0 Å². The number of benzene rings is 2. The molecule has 0 saturated heterocycles. The van der Waals surface area contributed by atoms with E-state index in [0.29, 0.717) is 0 Å². The molecule has 0 aliphatic carbocycles. The zero-order valence-electron chi connectivity index (χ0n) is 11.6. The summed E-state index contributed by atoms with van der Waals surface area (Å²) in [5.74, 6) is 0. The highest BCUT2D eigenvalue weighted by Crippen LogP contribution is 2.35. The normalized spacial score (nSPS) is 12.4. The summed E-state index contributed by atoms with van der Waals surface area (Å²) in [6.07, 6.45) is 2.12. The van der Waals surface area contributed by atoms with Gasteiger partial charge >= 0.3 is 0 Å². The molecule has 2 rings (SSSR count). The molecule has 20 heavy (non-hydrogen) atoms. The van der Waals surface area contributed by atoms with E-state index < -0.39 is 0 Å². The van der Waals surface area contributed by atoms with Gasteiger partial charge in [0.05, 0.1) is 5.38 Å². The fourth-order valence-corrected chi connectivity index (χ4v) is 3.80. The van der Waals surface area contributed by atoms with Crippen molar-refractivity contribution in [2.24, 2.45) is 0 Å². The van der Waals surface area contributed by atoms with Gasteiger partial charge in [-0.15, -0.1) is 11.6 Å². The molecule has 0 radical (unpaired) electrons. The smallest absolute Gasteiger partial charge is 0.0846 e. The zero-order chi connectivity index (χ0) is 14.7. The summed E-state index contributed by atoms with van der Waals surface area (Å²) in [7, 11) is 0.